The van der Waals surface area contributed by atoms with Gasteiger partial charge in [-0.3, -0.25) is 29.2 Å². The lowest BCUT2D eigenvalue weighted by Gasteiger charge is -2.38. The first-order valence-corrected chi connectivity index (χ1v) is 28.7. The van der Waals surface area contributed by atoms with Crippen LogP contribution in [0.25, 0.3) is 10.9 Å². The number of rotatable bonds is 18. The highest BCUT2D eigenvalue weighted by Gasteiger charge is 2.42. The Bertz CT molecular complexity index is 3260. The number of aromatic nitrogens is 7. The number of aromatic amines is 1. The van der Waals surface area contributed by atoms with Gasteiger partial charge in [-0.1, -0.05) is 0 Å². The van der Waals surface area contributed by atoms with Gasteiger partial charge in [0.1, 0.15) is 56.9 Å². The fraction of sp³-hybridized carbons (Fsp3) is 0.481. The molecular weight excluding hydrogens is 1040 g/mol. The fourth-order valence-electron chi connectivity index (χ4n) is 9.95. The van der Waals surface area contributed by atoms with Gasteiger partial charge in [0.25, 0.3) is 5.91 Å². The van der Waals surface area contributed by atoms with Gasteiger partial charge in [0.2, 0.25) is 17.6 Å². The Balaban J connectivity index is 0.770. The molecule has 3 saturated heterocycles. The average molecular weight is 1110 g/mol. The minimum Gasteiger partial charge on any atom is -0.492 e. The molecule has 7 heterocycles. The number of benzene rings is 2. The first-order valence-electron chi connectivity index (χ1n) is 26.4. The molecule has 2 aromatic carbocycles. The largest absolute Gasteiger partial charge is 0.492 e. The van der Waals surface area contributed by atoms with Crippen molar-refractivity contribution in [2.45, 2.75) is 101 Å². The molecule has 9 rings (SSSR count). The molecule has 6 aromatic rings. The number of amides is 3. The molecule has 3 aliphatic rings. The molecule has 414 valence electrons. The van der Waals surface area contributed by atoms with Crippen molar-refractivity contribution < 1.29 is 36.7 Å². The van der Waals surface area contributed by atoms with Crippen LogP contribution in [0.15, 0.2) is 65.4 Å². The number of sulfone groups is 1. The SMILES string of the molecule is CN[C@@H](C)C(=O)NC(C(=O)N1CCC[C@H]1c1nc(C(=O)c2ccc(F)cc2)cs1)C1CCN(C(=O)c2cnc(N3CCN(CCCOc4cc5ncnc(Nc6n[nH]c(C)c6C)c5cc4S(=O)(=O)C(C)(C)C)CC3)cn2)CC1. The molecule has 0 radical (unpaired) electrons. The number of aryl methyl sites for hydroxylation is 1. The number of piperazine rings is 1. The summed E-state index contributed by atoms with van der Waals surface area (Å²) in [7, 11) is -2.17. The fourth-order valence-corrected chi connectivity index (χ4v) is 12.2. The van der Waals surface area contributed by atoms with Crippen LogP contribution in [-0.4, -0.2) is 165 Å². The smallest absolute Gasteiger partial charge is 0.274 e. The molecule has 3 aliphatic heterocycles. The van der Waals surface area contributed by atoms with Crippen molar-refractivity contribution >= 4 is 73.0 Å². The highest BCUT2D eigenvalue weighted by Crippen LogP contribution is 2.39. The summed E-state index contributed by atoms with van der Waals surface area (Å²) in [6, 6.07) is 6.78. The van der Waals surface area contributed by atoms with Crippen LogP contribution in [-0.2, 0) is 19.4 Å². The van der Waals surface area contributed by atoms with E-state index in [9.17, 15) is 32.0 Å². The van der Waals surface area contributed by atoms with E-state index in [2.05, 4.69) is 60.9 Å². The van der Waals surface area contributed by atoms with E-state index in [-0.39, 0.29) is 64.1 Å². The van der Waals surface area contributed by atoms with Crippen molar-refractivity contribution in [2.24, 2.45) is 5.92 Å². The van der Waals surface area contributed by atoms with Gasteiger partial charge in [-0.05, 0) is 117 Å². The van der Waals surface area contributed by atoms with E-state index < -0.39 is 32.5 Å². The number of halogens is 1. The van der Waals surface area contributed by atoms with Crippen LogP contribution in [0.3, 0.4) is 0 Å². The zero-order chi connectivity index (χ0) is 55.5. The molecule has 0 spiro atoms. The molecule has 24 heteroatoms. The standard InChI is InChI=1S/C54H67FN14O7S2/c1-32-33(2)64-65-48(32)63-49-38-26-44(78(74,75)54(4,5)6)43(27-39(38)59-31-60-49)76-25-9-17-66-21-23-67(24-22-66)45-29-57-40(28-58-45)52(72)68-19-15-35(16-20-68)46(62-50(71)34(3)56-7)53(73)69-18-8-10-42(69)51-61-41(30-77-51)47(70)36-11-13-37(55)14-12-36/h11-14,26-31,34-35,42,46,56H,8-10,15-25H2,1-7H3,(H,62,71)(H2,59,60,63,64,65)/t34-,42-,46?/m0/s1. The van der Waals surface area contributed by atoms with Crippen molar-refractivity contribution in [2.75, 3.05) is 76.2 Å². The first kappa shape index (κ1) is 55.7. The second-order valence-electron chi connectivity index (χ2n) is 21.1. The lowest BCUT2D eigenvalue weighted by atomic mass is 9.88. The van der Waals surface area contributed by atoms with Gasteiger partial charge in [0.05, 0.1) is 41.3 Å². The molecule has 0 bridgehead atoms. The number of H-pyrrole nitrogens is 1. The van der Waals surface area contributed by atoms with E-state index in [0.29, 0.717) is 97.3 Å². The Labute approximate surface area is 457 Å². The maximum atomic E-state index is 14.6. The molecule has 3 fully saturated rings. The number of nitrogens with one attached hydrogen (secondary N) is 4. The molecule has 0 aliphatic carbocycles. The normalized spacial score (nSPS) is 17.5. The molecule has 78 heavy (non-hydrogen) atoms. The molecule has 0 saturated carbocycles. The van der Waals surface area contributed by atoms with Crippen molar-refractivity contribution in [3.8, 4) is 5.75 Å². The lowest BCUT2D eigenvalue weighted by Crippen LogP contribution is -2.57. The molecular formula is C54H67FN14O7S2. The summed E-state index contributed by atoms with van der Waals surface area (Å²) in [6.07, 6.45) is 7.51. The Morgan fingerprint density at radius 1 is 0.910 bits per heavy atom. The van der Waals surface area contributed by atoms with Crippen molar-refractivity contribution in [3.63, 3.8) is 0 Å². The highest BCUT2D eigenvalue weighted by atomic mass is 32.2. The quantitative estimate of drug-likeness (QED) is 0.0586. The number of hydrogen-bond acceptors (Lipinski definition) is 18. The van der Waals surface area contributed by atoms with Crippen LogP contribution >= 0.6 is 11.3 Å². The Morgan fingerprint density at radius 3 is 2.32 bits per heavy atom. The topological polar surface area (TPSA) is 254 Å². The Hall–Kier alpha value is -7.02. The number of fused-ring (bicyclic) bond motifs is 1. The summed E-state index contributed by atoms with van der Waals surface area (Å²) in [4.78, 5) is 85.6. The van der Waals surface area contributed by atoms with Gasteiger partial charge in [0.15, 0.2) is 15.7 Å². The Kier molecular flexibility index (Phi) is 16.8. The van der Waals surface area contributed by atoms with E-state index in [1.807, 2.05) is 13.8 Å². The molecule has 4 N–H and O–H groups in total. The summed E-state index contributed by atoms with van der Waals surface area (Å²) < 4.78 is 46.7. The van der Waals surface area contributed by atoms with Crippen LogP contribution in [0, 0.1) is 25.6 Å². The van der Waals surface area contributed by atoms with Crippen molar-refractivity contribution in [1.29, 1.82) is 0 Å². The summed E-state index contributed by atoms with van der Waals surface area (Å²) in [5.74, 6) is 0.0840. The molecule has 21 nitrogen and oxygen atoms in total. The zero-order valence-corrected chi connectivity index (χ0v) is 46.6. The number of nitrogens with zero attached hydrogens (tertiary/aromatic N) is 10. The van der Waals surface area contributed by atoms with Crippen LogP contribution in [0.1, 0.15) is 109 Å². The van der Waals surface area contributed by atoms with Gasteiger partial charge in [0, 0.05) is 86.0 Å². The maximum absolute atomic E-state index is 14.6. The van der Waals surface area contributed by atoms with E-state index in [1.54, 1.807) is 68.3 Å². The van der Waals surface area contributed by atoms with Crippen LogP contribution in [0.2, 0.25) is 0 Å². The number of ketones is 1. The molecule has 4 aromatic heterocycles. The van der Waals surface area contributed by atoms with Crippen molar-refractivity contribution in [1.82, 2.24) is 60.5 Å². The second-order valence-corrected chi connectivity index (χ2v) is 24.7. The first-order chi connectivity index (χ1) is 37.3. The number of piperidine rings is 1. The van der Waals surface area contributed by atoms with Gasteiger partial charge in [-0.25, -0.2) is 37.7 Å². The third-order valence-corrected chi connectivity index (χ3v) is 18.5. The van der Waals surface area contributed by atoms with Crippen LogP contribution < -0.4 is 25.6 Å². The minimum atomic E-state index is -3.84. The monoisotopic (exact) mass is 1110 g/mol. The van der Waals surface area contributed by atoms with E-state index in [1.165, 1.54) is 48.1 Å². The van der Waals surface area contributed by atoms with Gasteiger partial charge < -0.3 is 35.4 Å². The number of carbonyl (C=O) groups is 4. The van der Waals surface area contributed by atoms with E-state index >= 15 is 0 Å². The Morgan fingerprint density at radius 2 is 1.65 bits per heavy atom. The minimum absolute atomic E-state index is 0.0697. The molecule has 3 atom stereocenters. The number of ether oxygens (including phenoxy) is 1. The summed E-state index contributed by atoms with van der Waals surface area (Å²) in [5.41, 5.74) is 3.11. The van der Waals surface area contributed by atoms with Gasteiger partial charge >= 0.3 is 0 Å². The van der Waals surface area contributed by atoms with Crippen molar-refractivity contribution in [3.05, 3.63) is 99.5 Å². The second kappa shape index (κ2) is 23.5. The number of carbonyl (C=O) groups excluding carboxylic acids is 4. The summed E-state index contributed by atoms with van der Waals surface area (Å²) in [6.45, 7) is 15.6. The van der Waals surface area contributed by atoms with Crippen LogP contribution in [0.5, 0.6) is 5.75 Å². The number of likely N-dealkylation sites (N-methyl/N-ethyl adjacent to an activating group) is 1. The predicted octanol–water partition coefficient (Wildman–Crippen LogP) is 5.80. The third-order valence-electron chi connectivity index (χ3n) is 15.1. The molecule has 1 unspecified atom stereocenters. The van der Waals surface area contributed by atoms with E-state index in [0.717, 1.165) is 37.3 Å². The third kappa shape index (κ3) is 12.0. The number of hydrogen-bond donors (Lipinski definition) is 4. The summed E-state index contributed by atoms with van der Waals surface area (Å²) >= 11 is 1.30. The number of likely N-dealkylation sites (tertiary alicyclic amines) is 2. The van der Waals surface area contributed by atoms with E-state index in [4.69, 9.17) is 4.74 Å². The lowest BCUT2D eigenvalue weighted by molar-refractivity contribution is -0.139. The number of thiazole rings is 1. The van der Waals surface area contributed by atoms with Crippen LogP contribution in [0.4, 0.5) is 21.8 Å². The highest BCUT2D eigenvalue weighted by molar-refractivity contribution is 7.92. The predicted molar refractivity (Wildman–Crippen MR) is 293 cm³/mol. The zero-order valence-electron chi connectivity index (χ0n) is 45.0. The maximum Gasteiger partial charge on any atom is 0.274 e. The van der Waals surface area contributed by atoms with Gasteiger partial charge in [-0.15, -0.1) is 11.3 Å². The average Bonchev–Trinajstić information content (AvgIpc) is 4.26. The molecule has 3 amide bonds. The number of anilines is 3. The van der Waals surface area contributed by atoms with Gasteiger partial charge in [-0.2, -0.15) is 5.10 Å². The summed E-state index contributed by atoms with van der Waals surface area (Å²) in [5, 5.41) is 19.3.